The van der Waals surface area contributed by atoms with Gasteiger partial charge in [0.05, 0.1) is 13.2 Å². The minimum absolute atomic E-state index is 0.480. The topological polar surface area (TPSA) is 35.5 Å². The monoisotopic (exact) mass is 122 g/mol. The lowest BCUT2D eigenvalue weighted by atomic mass is 10.8. The highest BCUT2D eigenvalue weighted by Gasteiger charge is 2.22. The van der Waals surface area contributed by atoms with E-state index in [2.05, 4.69) is 9.05 Å². The molecule has 0 aromatic heterocycles. The predicted octanol–water partition coefficient (Wildman–Crippen LogP) is 0.856. The number of hydrogen-bond donors (Lipinski definition) is 0. The largest absolute Gasteiger partial charge is 0.327 e. The van der Waals surface area contributed by atoms with E-state index in [0.29, 0.717) is 13.2 Å². The maximum atomic E-state index is 10.6. The van der Waals surface area contributed by atoms with Gasteiger partial charge in [-0.1, -0.05) is 0 Å². The van der Waals surface area contributed by atoms with Crippen LogP contribution in [0.5, 0.6) is 0 Å². The fourth-order valence-electron chi connectivity index (χ4n) is 0.443. The van der Waals surface area contributed by atoms with Crippen molar-refractivity contribution < 1.29 is 13.6 Å². The first-order valence-electron chi connectivity index (χ1n) is 2.07. The molecule has 1 saturated heterocycles. The van der Waals surface area contributed by atoms with E-state index in [9.17, 15) is 4.57 Å². The summed E-state index contributed by atoms with van der Waals surface area (Å²) in [5.74, 6) is 0. The second-order valence-corrected chi connectivity index (χ2v) is 3.50. The van der Waals surface area contributed by atoms with Crippen molar-refractivity contribution in [3.63, 3.8) is 0 Å². The van der Waals surface area contributed by atoms with Crippen molar-refractivity contribution in [3.8, 4) is 0 Å². The molecule has 42 valence electrons. The van der Waals surface area contributed by atoms with E-state index >= 15 is 0 Å². The lowest BCUT2D eigenvalue weighted by Gasteiger charge is -1.96. The van der Waals surface area contributed by atoms with Crippen molar-refractivity contribution in [1.29, 1.82) is 0 Å². The van der Waals surface area contributed by atoms with Gasteiger partial charge in [0.1, 0.15) is 0 Å². The van der Waals surface area contributed by atoms with Gasteiger partial charge in [-0.25, -0.2) is 0 Å². The fourth-order valence-corrected chi connectivity index (χ4v) is 1.33. The first-order valence-corrected chi connectivity index (χ1v) is 4.06. The molecule has 1 rings (SSSR count). The SMILES string of the molecule is CP1(=O)OCCO1. The van der Waals surface area contributed by atoms with Gasteiger partial charge in [0, 0.05) is 6.66 Å². The van der Waals surface area contributed by atoms with Gasteiger partial charge >= 0.3 is 7.60 Å². The zero-order valence-corrected chi connectivity index (χ0v) is 4.98. The summed E-state index contributed by atoms with van der Waals surface area (Å²) in [5, 5.41) is 0. The molecular weight excluding hydrogens is 115 g/mol. The van der Waals surface area contributed by atoms with E-state index in [1.165, 1.54) is 6.66 Å². The van der Waals surface area contributed by atoms with Crippen molar-refractivity contribution in [3.05, 3.63) is 0 Å². The summed E-state index contributed by atoms with van der Waals surface area (Å²) in [4.78, 5) is 0. The Bertz CT molecular complexity index is 101. The van der Waals surface area contributed by atoms with Gasteiger partial charge in [0.25, 0.3) is 0 Å². The molecule has 1 heterocycles. The molecule has 0 aromatic rings. The third kappa shape index (κ3) is 1.27. The van der Waals surface area contributed by atoms with Gasteiger partial charge in [0.2, 0.25) is 0 Å². The third-order valence-corrected chi connectivity index (χ3v) is 2.04. The molecule has 0 atom stereocenters. The molecule has 3 nitrogen and oxygen atoms in total. The van der Waals surface area contributed by atoms with Gasteiger partial charge in [-0.2, -0.15) is 0 Å². The zero-order chi connectivity index (χ0) is 5.33. The van der Waals surface area contributed by atoms with Gasteiger partial charge in [-0.15, -0.1) is 0 Å². The Morgan fingerprint density at radius 1 is 1.43 bits per heavy atom. The molecule has 0 aromatic carbocycles. The molecule has 0 amide bonds. The van der Waals surface area contributed by atoms with Crippen LogP contribution >= 0.6 is 7.60 Å². The molecule has 0 saturated carbocycles. The molecule has 0 unspecified atom stereocenters. The summed E-state index contributed by atoms with van der Waals surface area (Å²) in [6.45, 7) is 2.43. The van der Waals surface area contributed by atoms with Crippen LogP contribution in [0.15, 0.2) is 0 Å². The summed E-state index contributed by atoms with van der Waals surface area (Å²) < 4.78 is 19.9. The van der Waals surface area contributed by atoms with Crippen LogP contribution in [0.25, 0.3) is 0 Å². The highest BCUT2D eigenvalue weighted by Crippen LogP contribution is 2.47. The second kappa shape index (κ2) is 1.58. The predicted molar refractivity (Wildman–Crippen MR) is 25.4 cm³/mol. The minimum Gasteiger partial charge on any atom is -0.306 e. The Kier molecular flexibility index (Phi) is 1.20. The van der Waals surface area contributed by atoms with Crippen LogP contribution in [0.4, 0.5) is 0 Å². The van der Waals surface area contributed by atoms with E-state index in [-0.39, 0.29) is 0 Å². The quantitative estimate of drug-likeness (QED) is 0.447. The molecule has 0 spiro atoms. The average Bonchev–Trinajstić information content (AvgIpc) is 1.84. The van der Waals surface area contributed by atoms with Crippen LogP contribution in [0.1, 0.15) is 0 Å². The molecule has 1 aliphatic heterocycles. The van der Waals surface area contributed by atoms with Crippen LogP contribution in [0, 0.1) is 0 Å². The maximum Gasteiger partial charge on any atom is 0.327 e. The number of rotatable bonds is 0. The lowest BCUT2D eigenvalue weighted by Crippen LogP contribution is -1.79. The summed E-state index contributed by atoms with van der Waals surface area (Å²) >= 11 is 0. The van der Waals surface area contributed by atoms with E-state index in [1.807, 2.05) is 0 Å². The van der Waals surface area contributed by atoms with Crippen LogP contribution in [0.3, 0.4) is 0 Å². The van der Waals surface area contributed by atoms with Crippen LogP contribution in [0.2, 0.25) is 0 Å². The Morgan fingerprint density at radius 3 is 2.00 bits per heavy atom. The Hall–Kier alpha value is 0.150. The third-order valence-electron chi connectivity index (χ3n) is 0.735. The molecule has 0 N–H and O–H groups in total. The standard InChI is InChI=1S/C3H7O3P/c1-7(4)5-2-3-6-7/h2-3H2,1H3. The minimum atomic E-state index is -2.54. The molecule has 0 bridgehead atoms. The van der Waals surface area contributed by atoms with Crippen molar-refractivity contribution in [2.75, 3.05) is 19.9 Å². The normalized spacial score (nSPS) is 28.1. The van der Waals surface area contributed by atoms with E-state index in [1.54, 1.807) is 0 Å². The number of hydrogen-bond acceptors (Lipinski definition) is 3. The Morgan fingerprint density at radius 2 is 1.86 bits per heavy atom. The molecular formula is C3H7O3P. The van der Waals surface area contributed by atoms with Crippen LogP contribution < -0.4 is 0 Å². The molecule has 0 aliphatic carbocycles. The van der Waals surface area contributed by atoms with Crippen molar-refractivity contribution in [1.82, 2.24) is 0 Å². The Labute approximate surface area is 42.2 Å². The highest BCUT2D eigenvalue weighted by molar-refractivity contribution is 7.53. The highest BCUT2D eigenvalue weighted by atomic mass is 31.2. The molecule has 0 radical (unpaired) electrons. The van der Waals surface area contributed by atoms with E-state index in [4.69, 9.17) is 0 Å². The summed E-state index contributed by atoms with van der Waals surface area (Å²) in [5.41, 5.74) is 0. The first kappa shape index (κ1) is 5.29. The smallest absolute Gasteiger partial charge is 0.306 e. The second-order valence-electron chi connectivity index (χ2n) is 1.44. The maximum absolute atomic E-state index is 10.6. The molecule has 7 heavy (non-hydrogen) atoms. The van der Waals surface area contributed by atoms with E-state index < -0.39 is 7.60 Å². The Balaban J connectivity index is 2.57. The van der Waals surface area contributed by atoms with Crippen LogP contribution in [-0.2, 0) is 13.6 Å². The molecule has 1 aliphatic rings. The summed E-state index contributed by atoms with van der Waals surface area (Å²) in [6, 6.07) is 0. The van der Waals surface area contributed by atoms with Gasteiger partial charge in [0.15, 0.2) is 0 Å². The van der Waals surface area contributed by atoms with Gasteiger partial charge < -0.3 is 9.05 Å². The van der Waals surface area contributed by atoms with E-state index in [0.717, 1.165) is 0 Å². The average molecular weight is 122 g/mol. The zero-order valence-electron chi connectivity index (χ0n) is 4.09. The van der Waals surface area contributed by atoms with Crippen molar-refractivity contribution in [2.45, 2.75) is 0 Å². The van der Waals surface area contributed by atoms with Gasteiger partial charge in [-0.05, 0) is 0 Å². The van der Waals surface area contributed by atoms with Crippen molar-refractivity contribution >= 4 is 7.60 Å². The summed E-state index contributed by atoms with van der Waals surface area (Å²) in [7, 11) is -2.54. The summed E-state index contributed by atoms with van der Waals surface area (Å²) in [6.07, 6.45) is 0. The first-order chi connectivity index (χ1) is 3.21. The lowest BCUT2D eigenvalue weighted by molar-refractivity contribution is 0.359. The van der Waals surface area contributed by atoms with Crippen molar-refractivity contribution in [2.24, 2.45) is 0 Å². The fraction of sp³-hybridized carbons (Fsp3) is 1.00. The molecule has 4 heteroatoms. The van der Waals surface area contributed by atoms with Crippen LogP contribution in [-0.4, -0.2) is 19.9 Å². The van der Waals surface area contributed by atoms with Gasteiger partial charge in [-0.3, -0.25) is 4.57 Å². The molecule has 1 fully saturated rings.